The van der Waals surface area contributed by atoms with Crippen molar-refractivity contribution in [2.45, 2.75) is 24.6 Å². The van der Waals surface area contributed by atoms with Crippen molar-refractivity contribution in [1.29, 1.82) is 5.26 Å². The van der Waals surface area contributed by atoms with E-state index in [1.165, 1.54) is 5.56 Å². The van der Waals surface area contributed by atoms with Crippen LogP contribution in [0.25, 0.3) is 0 Å². The average Bonchev–Trinajstić information content (AvgIpc) is 2.43. The Bertz CT molecular complexity index is 642. The van der Waals surface area contributed by atoms with Gasteiger partial charge in [-0.15, -0.1) is 11.8 Å². The number of rotatable bonds is 4. The summed E-state index contributed by atoms with van der Waals surface area (Å²) in [4.78, 5) is 4.50. The summed E-state index contributed by atoms with van der Waals surface area (Å²) in [5, 5.41) is 9.98. The normalized spacial score (nSPS) is 10.1. The molecule has 1 aromatic heterocycles. The van der Waals surface area contributed by atoms with E-state index in [-0.39, 0.29) is 0 Å². The number of aromatic nitrogens is 1. The number of nitrogens with zero attached hydrogens (tertiary/aromatic N) is 2. The highest BCUT2D eigenvalue weighted by Crippen LogP contribution is 2.26. The van der Waals surface area contributed by atoms with Crippen molar-refractivity contribution < 1.29 is 4.74 Å². The zero-order valence-corrected chi connectivity index (χ0v) is 12.6. The summed E-state index contributed by atoms with van der Waals surface area (Å²) in [6.07, 6.45) is 0. The van der Waals surface area contributed by atoms with Gasteiger partial charge in [0.25, 0.3) is 0 Å². The Morgan fingerprint density at radius 3 is 2.70 bits per heavy atom. The molecule has 0 N–H and O–H groups in total. The Balaban J connectivity index is 2.13. The fraction of sp³-hybridized carbons (Fsp3) is 0.250. The molecule has 1 heterocycles. The predicted molar refractivity (Wildman–Crippen MR) is 81.0 cm³/mol. The van der Waals surface area contributed by atoms with Crippen molar-refractivity contribution in [3.63, 3.8) is 0 Å². The van der Waals surface area contributed by atoms with Gasteiger partial charge in [0.05, 0.1) is 17.7 Å². The van der Waals surface area contributed by atoms with Crippen LogP contribution < -0.4 is 4.74 Å². The highest BCUT2D eigenvalue weighted by atomic mass is 32.2. The van der Waals surface area contributed by atoms with Gasteiger partial charge in [0.1, 0.15) is 11.8 Å². The molecule has 3 nitrogen and oxygen atoms in total. The van der Waals surface area contributed by atoms with Gasteiger partial charge in [0.15, 0.2) is 0 Å². The quantitative estimate of drug-likeness (QED) is 0.799. The second-order valence-corrected chi connectivity index (χ2v) is 5.55. The summed E-state index contributed by atoms with van der Waals surface area (Å²) < 4.78 is 5.22. The molecule has 0 amide bonds. The van der Waals surface area contributed by atoms with E-state index in [4.69, 9.17) is 10.00 Å². The molecule has 0 saturated heterocycles. The van der Waals surface area contributed by atoms with E-state index in [1.54, 1.807) is 24.9 Å². The average molecular weight is 284 g/mol. The minimum Gasteiger partial charge on any atom is -0.495 e. The molecule has 0 radical (unpaired) electrons. The molecule has 0 fully saturated rings. The largest absolute Gasteiger partial charge is 0.495 e. The summed E-state index contributed by atoms with van der Waals surface area (Å²) in [5.41, 5.74) is 3.93. The summed E-state index contributed by atoms with van der Waals surface area (Å²) in [5.74, 6) is 1.43. The first-order valence-corrected chi connectivity index (χ1v) is 7.26. The summed E-state index contributed by atoms with van der Waals surface area (Å²) in [7, 11) is 1.58. The first kappa shape index (κ1) is 14.4. The highest BCUT2D eigenvalue weighted by molar-refractivity contribution is 7.98. The van der Waals surface area contributed by atoms with Crippen molar-refractivity contribution in [3.05, 3.63) is 52.7 Å². The van der Waals surface area contributed by atoms with Crippen LogP contribution in [0.5, 0.6) is 5.75 Å². The Kier molecular flexibility index (Phi) is 4.65. The first-order valence-electron chi connectivity index (χ1n) is 6.27. The molecule has 2 rings (SSSR count). The molecule has 0 spiro atoms. The maximum absolute atomic E-state index is 8.96. The van der Waals surface area contributed by atoms with Gasteiger partial charge in [-0.2, -0.15) is 5.26 Å². The van der Waals surface area contributed by atoms with Gasteiger partial charge in [-0.25, -0.2) is 4.98 Å². The fourth-order valence-electron chi connectivity index (χ4n) is 1.95. The molecule has 0 aliphatic heterocycles. The number of benzene rings is 1. The number of thioether (sulfide) groups is 1. The lowest BCUT2D eigenvalue weighted by Crippen LogP contribution is -1.91. The third kappa shape index (κ3) is 3.52. The van der Waals surface area contributed by atoms with Gasteiger partial charge in [-0.05, 0) is 49.2 Å². The van der Waals surface area contributed by atoms with Gasteiger partial charge in [-0.3, -0.25) is 0 Å². The number of aryl methyl sites for hydroxylation is 2. The maximum atomic E-state index is 8.96. The Hall–Kier alpha value is -1.99. The van der Waals surface area contributed by atoms with E-state index in [1.807, 2.05) is 19.1 Å². The molecule has 0 aliphatic carbocycles. The number of ether oxygens (including phenoxy) is 1. The van der Waals surface area contributed by atoms with Crippen LogP contribution in [0.1, 0.15) is 22.4 Å². The molecule has 1 aromatic carbocycles. The summed E-state index contributed by atoms with van der Waals surface area (Å²) >= 11 is 1.68. The molecule has 20 heavy (non-hydrogen) atoms. The molecular weight excluding hydrogens is 268 g/mol. The molecular formula is C16H16N2OS. The van der Waals surface area contributed by atoms with Gasteiger partial charge in [-0.1, -0.05) is 6.07 Å². The Morgan fingerprint density at radius 1 is 1.25 bits per heavy atom. The third-order valence-corrected chi connectivity index (χ3v) is 3.83. The van der Waals surface area contributed by atoms with Gasteiger partial charge < -0.3 is 4.74 Å². The Morgan fingerprint density at radius 2 is 2.05 bits per heavy atom. The van der Waals surface area contributed by atoms with E-state index in [9.17, 15) is 0 Å². The molecule has 2 aromatic rings. The summed E-state index contributed by atoms with van der Waals surface area (Å²) in [6.45, 7) is 4.07. The monoisotopic (exact) mass is 284 g/mol. The lowest BCUT2D eigenvalue weighted by molar-refractivity contribution is 0.413. The molecule has 4 heteroatoms. The van der Waals surface area contributed by atoms with Crippen LogP contribution >= 0.6 is 11.8 Å². The lowest BCUT2D eigenvalue weighted by Gasteiger charge is -2.07. The van der Waals surface area contributed by atoms with Crippen LogP contribution in [-0.4, -0.2) is 12.1 Å². The minimum atomic E-state index is 0.561. The second-order valence-electron chi connectivity index (χ2n) is 4.56. The molecule has 0 bridgehead atoms. The van der Waals surface area contributed by atoms with Crippen LogP contribution in [0, 0.1) is 25.2 Å². The standard InChI is InChI=1S/C16H16N2OS/c1-11-6-12(2)18-16(7-11)20-10-13-4-5-14(9-17)15(8-13)19-3/h4-8H,10H2,1-3H3. The molecule has 0 aliphatic rings. The van der Waals surface area contributed by atoms with Crippen LogP contribution in [0.15, 0.2) is 35.4 Å². The predicted octanol–water partition coefficient (Wildman–Crippen LogP) is 3.87. The van der Waals surface area contributed by atoms with Crippen molar-refractivity contribution in [2.24, 2.45) is 0 Å². The maximum Gasteiger partial charge on any atom is 0.136 e. The van der Waals surface area contributed by atoms with Gasteiger partial charge in [0.2, 0.25) is 0 Å². The second kappa shape index (κ2) is 6.44. The van der Waals surface area contributed by atoms with Crippen molar-refractivity contribution in [2.75, 3.05) is 7.11 Å². The number of hydrogen-bond acceptors (Lipinski definition) is 4. The zero-order valence-electron chi connectivity index (χ0n) is 11.8. The van der Waals surface area contributed by atoms with E-state index in [2.05, 4.69) is 30.1 Å². The zero-order chi connectivity index (χ0) is 14.5. The van der Waals surface area contributed by atoms with E-state index >= 15 is 0 Å². The van der Waals surface area contributed by atoms with Crippen molar-refractivity contribution >= 4 is 11.8 Å². The highest BCUT2D eigenvalue weighted by Gasteiger charge is 2.05. The van der Waals surface area contributed by atoms with Crippen LogP contribution in [0.2, 0.25) is 0 Å². The van der Waals surface area contributed by atoms with Crippen molar-refractivity contribution in [1.82, 2.24) is 4.98 Å². The smallest absolute Gasteiger partial charge is 0.136 e. The molecule has 0 atom stereocenters. The summed E-state index contributed by atoms with van der Waals surface area (Å²) in [6, 6.07) is 11.9. The van der Waals surface area contributed by atoms with Crippen LogP contribution in [-0.2, 0) is 5.75 Å². The molecule has 0 saturated carbocycles. The Labute approximate surface area is 123 Å². The molecule has 102 valence electrons. The van der Waals surface area contributed by atoms with E-state index in [0.29, 0.717) is 11.3 Å². The van der Waals surface area contributed by atoms with Crippen LogP contribution in [0.3, 0.4) is 0 Å². The third-order valence-electron chi connectivity index (χ3n) is 2.85. The number of pyridine rings is 1. The SMILES string of the molecule is COc1cc(CSc2cc(C)cc(C)n2)ccc1C#N. The number of hydrogen-bond donors (Lipinski definition) is 0. The lowest BCUT2D eigenvalue weighted by atomic mass is 10.1. The minimum absolute atomic E-state index is 0.561. The molecule has 0 unspecified atom stereocenters. The topological polar surface area (TPSA) is 45.9 Å². The fourth-order valence-corrected chi connectivity index (χ4v) is 2.93. The number of nitriles is 1. The number of methoxy groups -OCH3 is 1. The van der Waals surface area contributed by atoms with Crippen LogP contribution in [0.4, 0.5) is 0 Å². The van der Waals surface area contributed by atoms with Gasteiger partial charge >= 0.3 is 0 Å². The van der Waals surface area contributed by atoms with E-state index in [0.717, 1.165) is 22.0 Å². The van der Waals surface area contributed by atoms with Crippen molar-refractivity contribution in [3.8, 4) is 11.8 Å². The first-order chi connectivity index (χ1) is 9.62. The van der Waals surface area contributed by atoms with Gasteiger partial charge in [0, 0.05) is 11.4 Å². The van der Waals surface area contributed by atoms with E-state index < -0.39 is 0 Å².